The molecule has 4 heterocycles. The van der Waals surface area contributed by atoms with E-state index in [1.165, 1.54) is 135 Å². The van der Waals surface area contributed by atoms with Crippen molar-refractivity contribution < 1.29 is 4.79 Å². The van der Waals surface area contributed by atoms with Crippen LogP contribution in [0, 0.1) is 31.6 Å². The third kappa shape index (κ3) is 4.98. The molecule has 10 aromatic rings. The summed E-state index contributed by atoms with van der Waals surface area (Å²) in [6.07, 6.45) is 10.5. The number of aryl methyl sites for hydroxylation is 3. The van der Waals surface area contributed by atoms with Crippen LogP contribution < -0.4 is 0 Å². The molecule has 0 atom stereocenters. The summed E-state index contributed by atoms with van der Waals surface area (Å²) in [6.45, 7) is 25.9. The lowest BCUT2D eigenvalue weighted by atomic mass is 9.63. The Morgan fingerprint density at radius 1 is 0.561 bits per heavy atom. The summed E-state index contributed by atoms with van der Waals surface area (Å²) in [5.74, 6) is 1.67. The maximum absolute atomic E-state index is 14.8. The number of hydrogen-bond acceptors (Lipinski definition) is 1. The molecule has 2 fully saturated rings. The summed E-state index contributed by atoms with van der Waals surface area (Å²) in [7, 11) is 0. The maximum atomic E-state index is 14.8. The van der Waals surface area contributed by atoms with Crippen LogP contribution >= 0.6 is 0 Å². The van der Waals surface area contributed by atoms with Gasteiger partial charge in [0.2, 0.25) is 0 Å². The minimum Gasteiger partial charge on any atom is -0.308 e. The first-order valence-corrected chi connectivity index (χ1v) is 25.5. The summed E-state index contributed by atoms with van der Waals surface area (Å²) >= 11 is 0. The zero-order valence-corrected chi connectivity index (χ0v) is 41.2. The number of nitrogens with zero attached hydrogens (tertiary/aromatic N) is 2. The van der Waals surface area contributed by atoms with Crippen LogP contribution in [0.15, 0.2) is 66.7 Å². The van der Waals surface area contributed by atoms with E-state index in [0.29, 0.717) is 17.6 Å². The first-order chi connectivity index (χ1) is 31.3. The van der Waals surface area contributed by atoms with Gasteiger partial charge in [0.05, 0.1) is 33.1 Å². The number of fused-ring (bicyclic) bond motifs is 16. The first kappa shape index (κ1) is 39.7. The number of Topliss-reactive ketones (excluding diaryl/α,β-unsaturated/α-hetero) is 1. The fourth-order valence-electron chi connectivity index (χ4n) is 15.3. The van der Waals surface area contributed by atoms with Gasteiger partial charge >= 0.3 is 0 Å². The Labute approximate surface area is 389 Å². The fraction of sp³-hybridized carbons (Fsp3) is 0.413. The van der Waals surface area contributed by atoms with Crippen molar-refractivity contribution in [3.05, 3.63) is 117 Å². The van der Waals surface area contributed by atoms with E-state index in [1.807, 2.05) is 0 Å². The van der Waals surface area contributed by atoms with Crippen LogP contribution in [0.4, 0.5) is 0 Å². The predicted molar refractivity (Wildman–Crippen MR) is 279 cm³/mol. The second-order valence-corrected chi connectivity index (χ2v) is 25.3. The van der Waals surface area contributed by atoms with Crippen molar-refractivity contribution in [1.29, 1.82) is 0 Å². The molecule has 4 aromatic heterocycles. The van der Waals surface area contributed by atoms with Gasteiger partial charge in [0.1, 0.15) is 0 Å². The van der Waals surface area contributed by atoms with E-state index in [-0.39, 0.29) is 21.7 Å². The lowest BCUT2D eigenvalue weighted by Gasteiger charge is -2.41. The fourth-order valence-corrected chi connectivity index (χ4v) is 15.3. The molecular formula is C63H64N2O. The highest BCUT2D eigenvalue weighted by atomic mass is 16.1. The molecule has 0 amide bonds. The van der Waals surface area contributed by atoms with Gasteiger partial charge in [-0.15, -0.1) is 0 Å². The quantitative estimate of drug-likeness (QED) is 0.170. The summed E-state index contributed by atoms with van der Waals surface area (Å²) < 4.78 is 5.29. The molecule has 6 aromatic carbocycles. The molecule has 66 heavy (non-hydrogen) atoms. The number of aromatic nitrogens is 2. The molecule has 6 aliphatic carbocycles. The van der Waals surface area contributed by atoms with Gasteiger partial charge in [-0.05, 0) is 211 Å². The summed E-state index contributed by atoms with van der Waals surface area (Å²) in [5.41, 5.74) is 22.9. The topological polar surface area (TPSA) is 25.9 Å². The third-order valence-electron chi connectivity index (χ3n) is 18.5. The highest BCUT2D eigenvalue weighted by molar-refractivity contribution is 6.30. The Morgan fingerprint density at radius 3 is 1.68 bits per heavy atom. The molecule has 4 bridgehead atoms. The zero-order valence-electron chi connectivity index (χ0n) is 41.2. The van der Waals surface area contributed by atoms with Crippen molar-refractivity contribution in [2.45, 2.75) is 157 Å². The van der Waals surface area contributed by atoms with E-state index in [4.69, 9.17) is 0 Å². The van der Waals surface area contributed by atoms with E-state index >= 15 is 0 Å². The van der Waals surface area contributed by atoms with Crippen molar-refractivity contribution in [2.24, 2.45) is 10.8 Å². The summed E-state index contributed by atoms with van der Waals surface area (Å²) in [5, 5.41) is 10.9. The van der Waals surface area contributed by atoms with Gasteiger partial charge in [0, 0.05) is 54.1 Å². The van der Waals surface area contributed by atoms with Crippen LogP contribution in [0.1, 0.15) is 173 Å². The highest BCUT2D eigenvalue weighted by Crippen LogP contribution is 2.58. The van der Waals surface area contributed by atoms with Gasteiger partial charge in [-0.1, -0.05) is 73.1 Å². The zero-order chi connectivity index (χ0) is 45.5. The van der Waals surface area contributed by atoms with Crippen molar-refractivity contribution in [1.82, 2.24) is 8.80 Å². The van der Waals surface area contributed by atoms with Gasteiger partial charge in [-0.3, -0.25) is 4.79 Å². The highest BCUT2D eigenvalue weighted by Gasteiger charge is 2.49. The Balaban J connectivity index is 1.17. The van der Waals surface area contributed by atoms with Crippen LogP contribution in [0.3, 0.4) is 0 Å². The second kappa shape index (κ2) is 12.4. The van der Waals surface area contributed by atoms with Crippen LogP contribution in [0.5, 0.6) is 0 Å². The molecule has 0 spiro atoms. The third-order valence-corrected chi connectivity index (χ3v) is 18.5. The largest absolute Gasteiger partial charge is 0.308 e. The number of hydrogen-bond donors (Lipinski definition) is 0. The lowest BCUT2D eigenvalue weighted by molar-refractivity contribution is 0.0732. The van der Waals surface area contributed by atoms with Gasteiger partial charge in [0.15, 0.2) is 5.78 Å². The number of ketones is 1. The van der Waals surface area contributed by atoms with E-state index in [2.05, 4.69) is 152 Å². The first-order valence-electron chi connectivity index (χ1n) is 25.5. The van der Waals surface area contributed by atoms with E-state index in [0.717, 1.165) is 37.7 Å². The second-order valence-electron chi connectivity index (χ2n) is 25.3. The molecule has 332 valence electrons. The van der Waals surface area contributed by atoms with Crippen LogP contribution in [0.25, 0.3) is 87.3 Å². The van der Waals surface area contributed by atoms with E-state index < -0.39 is 0 Å². The monoisotopic (exact) mass is 865 g/mol. The average Bonchev–Trinajstić information content (AvgIpc) is 3.95. The standard InChI is InChI=1S/C63H64N2O/c1-32-20-33(2)53(34(3)21-32)37-22-43-40-27-48-46(59(66)63(11)18-16-62(48,10)17-19-63)30-51(40)64-49-29-42-45-25-39(61(7,8)9)26-47-56-52(65(58(45)47)50(42)28-41(49)44(23-37)57(43)64)24-38(31-60(4,5)6)54-35-12-14-36(15-13-35)55(54)56/h20-30,35-36H,12-19,31H2,1-11H3. The number of carbonyl (C=O) groups is 1. The minimum absolute atomic E-state index is 0.00225. The molecule has 0 unspecified atom stereocenters. The van der Waals surface area contributed by atoms with Gasteiger partial charge in [-0.2, -0.15) is 0 Å². The Morgan fingerprint density at radius 2 is 1.08 bits per heavy atom. The Kier molecular flexibility index (Phi) is 7.45. The van der Waals surface area contributed by atoms with Crippen molar-refractivity contribution in [2.75, 3.05) is 0 Å². The smallest absolute Gasteiger partial charge is 0.169 e. The molecule has 2 saturated carbocycles. The number of rotatable bonds is 2. The SMILES string of the molecule is Cc1cc(C)c(-c2cc3c4cc5c(cc4n4c6cc7c8cc(C(C)(C)C)cc9c%10c%11c(c(CC(C)(C)C)cc%10n(c7cc6c(c2)c34)c89)C2CCC%11CC2)C(=O)C2(C)CCC5(C)CC2)c(C)c1. The van der Waals surface area contributed by atoms with Crippen molar-refractivity contribution >= 4 is 82.0 Å². The molecule has 6 aliphatic rings. The van der Waals surface area contributed by atoms with Crippen molar-refractivity contribution in [3.8, 4) is 11.1 Å². The van der Waals surface area contributed by atoms with Gasteiger partial charge < -0.3 is 8.80 Å². The normalized spacial score (nSPS) is 23.4. The van der Waals surface area contributed by atoms with Crippen LogP contribution in [-0.2, 0) is 17.3 Å². The molecule has 3 nitrogen and oxygen atoms in total. The average molecular weight is 865 g/mol. The maximum Gasteiger partial charge on any atom is 0.169 e. The summed E-state index contributed by atoms with van der Waals surface area (Å²) in [6, 6.07) is 27.5. The van der Waals surface area contributed by atoms with Crippen molar-refractivity contribution in [3.63, 3.8) is 0 Å². The predicted octanol–water partition coefficient (Wildman–Crippen LogP) is 17.3. The minimum atomic E-state index is -0.293. The van der Waals surface area contributed by atoms with Gasteiger partial charge in [-0.25, -0.2) is 0 Å². The number of carbonyl (C=O) groups excluding carboxylic acids is 1. The molecule has 0 aliphatic heterocycles. The Bertz CT molecular complexity index is 3810. The van der Waals surface area contributed by atoms with Crippen LogP contribution in [0.2, 0.25) is 0 Å². The lowest BCUT2D eigenvalue weighted by Crippen LogP contribution is -2.33. The van der Waals surface area contributed by atoms with E-state index in [1.54, 1.807) is 22.1 Å². The number of benzene rings is 6. The summed E-state index contributed by atoms with van der Waals surface area (Å²) in [4.78, 5) is 14.8. The Hall–Kier alpha value is -5.41. The molecule has 3 heteroatoms. The van der Waals surface area contributed by atoms with E-state index in [9.17, 15) is 4.79 Å². The molecule has 0 saturated heterocycles. The van der Waals surface area contributed by atoms with Crippen LogP contribution in [-0.4, -0.2) is 14.6 Å². The van der Waals surface area contributed by atoms with Gasteiger partial charge in [0.25, 0.3) is 0 Å². The molecule has 16 rings (SSSR count). The molecule has 0 radical (unpaired) electrons. The molecule has 0 N–H and O–H groups in total. The molecular weight excluding hydrogens is 801 g/mol.